The van der Waals surface area contributed by atoms with Crippen LogP contribution in [0.1, 0.15) is 113 Å². The summed E-state index contributed by atoms with van der Waals surface area (Å²) < 4.78 is 5.58. The highest BCUT2D eigenvalue weighted by atomic mass is 17.2. The van der Waals surface area contributed by atoms with E-state index in [4.69, 9.17) is 14.5 Å². The van der Waals surface area contributed by atoms with E-state index in [1.807, 2.05) is 0 Å². The summed E-state index contributed by atoms with van der Waals surface area (Å²) >= 11 is 0. The Balaban J connectivity index is 1.44. The average molecular weight is 507 g/mol. The molecule has 6 aliphatic rings. The van der Waals surface area contributed by atoms with Crippen LogP contribution in [0.2, 0.25) is 0 Å². The minimum Gasteiger partial charge on any atom is -0.462 e. The lowest BCUT2D eigenvalue weighted by atomic mass is 9.37. The van der Waals surface area contributed by atoms with Gasteiger partial charge in [-0.2, -0.15) is 0 Å². The number of ether oxygens (including phenoxy) is 1. The second-order valence-corrected chi connectivity index (χ2v) is 14.4. The number of carbonyl (C=O) groups is 1. The van der Waals surface area contributed by atoms with E-state index in [-0.39, 0.29) is 23.4 Å². The molecule has 6 fully saturated rings. The third-order valence-corrected chi connectivity index (χ3v) is 12.6. The number of hydrogen-bond donors (Lipinski definition) is 2. The van der Waals surface area contributed by atoms with Crippen molar-refractivity contribution >= 4 is 5.97 Å². The lowest BCUT2D eigenvalue weighted by Gasteiger charge is -2.76. The number of aliphatic hydroxyl groups excluding tert-OH is 1. The maximum atomic E-state index is 12.7. The van der Waals surface area contributed by atoms with E-state index >= 15 is 0 Å². The Morgan fingerprint density at radius 1 is 1.00 bits per heavy atom. The lowest BCUT2D eigenvalue weighted by Crippen LogP contribution is -2.87. The van der Waals surface area contributed by atoms with Gasteiger partial charge < -0.3 is 14.9 Å². The number of aliphatic hydroxyl groups is 2. The first kappa shape index (κ1) is 26.9. The van der Waals surface area contributed by atoms with Crippen molar-refractivity contribution in [2.75, 3.05) is 0 Å². The standard InChI is InChI=1S/C30H50O6/c1-18(2)19(3)8-9-20(4)23-10-11-24-26(23,6)17-25(32)30(33)27(7)13-12-22(34-21(5)31)16-28(27)14-15-29(24,30)36-35-28/h18-20,22-25,32-33H,8-17H2,1-7H3. The molecule has 2 aliphatic heterocycles. The summed E-state index contributed by atoms with van der Waals surface area (Å²) in [6.07, 6.45) is 7.28. The minimum absolute atomic E-state index is 0.0991. The molecule has 11 unspecified atom stereocenters. The zero-order valence-corrected chi connectivity index (χ0v) is 23.6. The third kappa shape index (κ3) is 3.32. The lowest BCUT2D eigenvalue weighted by molar-refractivity contribution is -0.569. The topological polar surface area (TPSA) is 85.2 Å². The molecule has 206 valence electrons. The molecule has 2 heterocycles. The Morgan fingerprint density at radius 2 is 1.72 bits per heavy atom. The highest BCUT2D eigenvalue weighted by molar-refractivity contribution is 5.66. The second kappa shape index (κ2) is 8.66. The van der Waals surface area contributed by atoms with Gasteiger partial charge in [0.05, 0.1) is 6.10 Å². The largest absolute Gasteiger partial charge is 0.462 e. The second-order valence-electron chi connectivity index (χ2n) is 14.4. The number of rotatable bonds is 6. The van der Waals surface area contributed by atoms with Crippen LogP contribution in [0.4, 0.5) is 0 Å². The van der Waals surface area contributed by atoms with Crippen LogP contribution in [0.25, 0.3) is 0 Å². The summed E-state index contributed by atoms with van der Waals surface area (Å²) in [5.74, 6) is 2.33. The average Bonchev–Trinajstić information content (AvgIpc) is 3.15. The van der Waals surface area contributed by atoms with E-state index in [0.29, 0.717) is 55.8 Å². The molecule has 6 rings (SSSR count). The molecule has 4 aliphatic carbocycles. The summed E-state index contributed by atoms with van der Waals surface area (Å²) in [5, 5.41) is 24.6. The van der Waals surface area contributed by atoms with Gasteiger partial charge in [-0.3, -0.25) is 4.79 Å². The minimum atomic E-state index is -1.38. The van der Waals surface area contributed by atoms with E-state index in [0.717, 1.165) is 19.3 Å². The van der Waals surface area contributed by atoms with E-state index < -0.39 is 28.3 Å². The van der Waals surface area contributed by atoms with Gasteiger partial charge in [0, 0.05) is 18.8 Å². The molecule has 2 N–H and O–H groups in total. The first-order valence-electron chi connectivity index (χ1n) is 14.7. The van der Waals surface area contributed by atoms with Gasteiger partial charge in [-0.1, -0.05) is 54.4 Å². The fourth-order valence-corrected chi connectivity index (χ4v) is 10.1. The summed E-state index contributed by atoms with van der Waals surface area (Å²) in [6, 6.07) is 0. The number of hydrogen-bond acceptors (Lipinski definition) is 6. The van der Waals surface area contributed by atoms with Crippen molar-refractivity contribution in [3.8, 4) is 0 Å². The summed E-state index contributed by atoms with van der Waals surface area (Å²) in [4.78, 5) is 24.4. The molecule has 0 aromatic rings. The normalized spacial score (nSPS) is 51.3. The molecular formula is C30H50O6. The van der Waals surface area contributed by atoms with Gasteiger partial charge >= 0.3 is 5.97 Å². The Kier molecular flexibility index (Phi) is 6.47. The summed E-state index contributed by atoms with van der Waals surface area (Å²) in [7, 11) is 0. The van der Waals surface area contributed by atoms with E-state index in [1.165, 1.54) is 19.8 Å². The summed E-state index contributed by atoms with van der Waals surface area (Å²) in [5.41, 5.74) is -3.80. The van der Waals surface area contributed by atoms with Gasteiger partial charge in [-0.05, 0) is 80.0 Å². The van der Waals surface area contributed by atoms with Crippen LogP contribution in [-0.2, 0) is 19.3 Å². The molecule has 36 heavy (non-hydrogen) atoms. The van der Waals surface area contributed by atoms with Crippen LogP contribution < -0.4 is 0 Å². The van der Waals surface area contributed by atoms with E-state index in [9.17, 15) is 15.0 Å². The monoisotopic (exact) mass is 506 g/mol. The number of carbonyl (C=O) groups excluding carboxylic acids is 1. The molecule has 4 saturated carbocycles. The molecule has 2 saturated heterocycles. The van der Waals surface area contributed by atoms with Crippen LogP contribution >= 0.6 is 0 Å². The van der Waals surface area contributed by atoms with Crippen molar-refractivity contribution in [1.82, 2.24) is 0 Å². The molecule has 2 bridgehead atoms. The van der Waals surface area contributed by atoms with Crippen LogP contribution in [0.3, 0.4) is 0 Å². The van der Waals surface area contributed by atoms with Gasteiger partial charge in [0.2, 0.25) is 0 Å². The third-order valence-electron chi connectivity index (χ3n) is 12.6. The van der Waals surface area contributed by atoms with E-state index in [1.54, 1.807) is 0 Å². The van der Waals surface area contributed by atoms with Crippen molar-refractivity contribution in [2.45, 2.75) is 142 Å². The molecule has 0 aromatic heterocycles. The molecule has 2 spiro atoms. The highest BCUT2D eigenvalue weighted by Crippen LogP contribution is 2.76. The fraction of sp³-hybridized carbons (Fsp3) is 0.967. The van der Waals surface area contributed by atoms with Crippen LogP contribution in [0.5, 0.6) is 0 Å². The van der Waals surface area contributed by atoms with Gasteiger partial charge in [0.1, 0.15) is 22.9 Å². The van der Waals surface area contributed by atoms with Crippen molar-refractivity contribution in [3.63, 3.8) is 0 Å². The molecule has 0 radical (unpaired) electrons. The van der Waals surface area contributed by atoms with Gasteiger partial charge in [-0.15, -0.1) is 0 Å². The van der Waals surface area contributed by atoms with Crippen molar-refractivity contribution in [1.29, 1.82) is 0 Å². The predicted octanol–water partition coefficient (Wildman–Crippen LogP) is 5.58. The van der Waals surface area contributed by atoms with Crippen LogP contribution in [0, 0.1) is 40.4 Å². The number of esters is 1. The Bertz CT molecular complexity index is 864. The van der Waals surface area contributed by atoms with Gasteiger partial charge in [0.25, 0.3) is 0 Å². The number of fused-ring (bicyclic) bond motifs is 3. The fourth-order valence-electron chi connectivity index (χ4n) is 10.1. The zero-order valence-electron chi connectivity index (χ0n) is 23.6. The SMILES string of the molecule is CC(=O)OC1CCC2(C)C3(CCC4(OO3)C3CCC(C(C)CCC(C)C(C)C)C3(C)CC(O)C42O)C1. The first-order chi connectivity index (χ1) is 16.8. The van der Waals surface area contributed by atoms with Crippen LogP contribution in [0.15, 0.2) is 0 Å². The quantitative estimate of drug-likeness (QED) is 0.361. The van der Waals surface area contributed by atoms with E-state index in [2.05, 4.69) is 41.5 Å². The maximum Gasteiger partial charge on any atom is 0.302 e. The molecule has 0 amide bonds. The zero-order chi connectivity index (χ0) is 26.3. The molecular weight excluding hydrogens is 456 g/mol. The molecule has 6 nitrogen and oxygen atoms in total. The Hall–Kier alpha value is -0.690. The first-order valence-corrected chi connectivity index (χ1v) is 14.7. The van der Waals surface area contributed by atoms with Crippen LogP contribution in [-0.4, -0.2) is 45.2 Å². The van der Waals surface area contributed by atoms with Crippen molar-refractivity contribution in [3.05, 3.63) is 0 Å². The molecule has 11 atom stereocenters. The maximum absolute atomic E-state index is 12.7. The highest BCUT2D eigenvalue weighted by Gasteiger charge is 2.85. The summed E-state index contributed by atoms with van der Waals surface area (Å²) in [6.45, 7) is 15.3. The van der Waals surface area contributed by atoms with Gasteiger partial charge in [0.15, 0.2) is 0 Å². The smallest absolute Gasteiger partial charge is 0.302 e. The molecule has 6 heteroatoms. The molecule has 0 aromatic carbocycles. The van der Waals surface area contributed by atoms with Gasteiger partial charge in [-0.25, -0.2) is 9.78 Å². The Labute approximate surface area is 217 Å². The Morgan fingerprint density at radius 3 is 2.33 bits per heavy atom. The predicted molar refractivity (Wildman–Crippen MR) is 137 cm³/mol. The van der Waals surface area contributed by atoms with Crippen molar-refractivity contribution in [2.24, 2.45) is 40.4 Å². The van der Waals surface area contributed by atoms with Crippen molar-refractivity contribution < 1.29 is 29.5 Å².